The Hall–Kier alpha value is -2.67. The maximum atomic E-state index is 12.8. The lowest BCUT2D eigenvalue weighted by atomic mass is 9.89. The summed E-state index contributed by atoms with van der Waals surface area (Å²) < 4.78 is 5.44. The van der Waals surface area contributed by atoms with Gasteiger partial charge in [0.1, 0.15) is 5.82 Å². The number of H-pyrrole nitrogens is 2. The van der Waals surface area contributed by atoms with Crippen molar-refractivity contribution in [2.24, 2.45) is 0 Å². The Morgan fingerprint density at radius 1 is 1.14 bits per heavy atom. The van der Waals surface area contributed by atoms with Gasteiger partial charge in [-0.1, -0.05) is 19.3 Å². The number of hydrogen-bond donors (Lipinski definition) is 3. The van der Waals surface area contributed by atoms with Crippen molar-refractivity contribution in [3.05, 3.63) is 41.5 Å². The molecule has 3 heterocycles. The van der Waals surface area contributed by atoms with Crippen LogP contribution in [0.5, 0.6) is 0 Å². The standard InChI is InChI=1S/C21H25N5O2/c27-21(16-11-22-26-19(16)14-8-9-28-12-14)23-15-6-7-17-18(10-15)25-20(24-17)13-4-2-1-3-5-13/h6-7,10-11,13-14H,1-5,8-9,12H2,(H,22,26)(H,23,27)(H,24,25). The van der Waals surface area contributed by atoms with Crippen LogP contribution in [0.15, 0.2) is 24.4 Å². The quantitative estimate of drug-likeness (QED) is 0.636. The molecule has 1 unspecified atom stereocenters. The summed E-state index contributed by atoms with van der Waals surface area (Å²) in [6, 6.07) is 5.84. The third-order valence-electron chi connectivity index (χ3n) is 6.00. The van der Waals surface area contributed by atoms with Crippen LogP contribution in [0, 0.1) is 0 Å². The number of benzene rings is 1. The van der Waals surface area contributed by atoms with E-state index in [2.05, 4.69) is 20.5 Å². The number of ether oxygens (including phenoxy) is 1. The number of imidazole rings is 1. The zero-order valence-corrected chi connectivity index (χ0v) is 15.8. The largest absolute Gasteiger partial charge is 0.381 e. The number of nitrogens with zero attached hydrogens (tertiary/aromatic N) is 2. The van der Waals surface area contributed by atoms with Gasteiger partial charge >= 0.3 is 0 Å². The zero-order valence-electron chi connectivity index (χ0n) is 15.8. The highest BCUT2D eigenvalue weighted by Gasteiger charge is 2.25. The van der Waals surface area contributed by atoms with Crippen LogP contribution in [-0.2, 0) is 4.74 Å². The Labute approximate surface area is 163 Å². The number of anilines is 1. The fourth-order valence-electron chi connectivity index (χ4n) is 4.43. The maximum absolute atomic E-state index is 12.8. The van der Waals surface area contributed by atoms with Gasteiger partial charge in [-0.2, -0.15) is 5.10 Å². The summed E-state index contributed by atoms with van der Waals surface area (Å²) in [5.41, 5.74) is 4.12. The van der Waals surface area contributed by atoms with Crippen molar-refractivity contribution in [3.63, 3.8) is 0 Å². The molecule has 146 valence electrons. The molecule has 1 aliphatic carbocycles. The van der Waals surface area contributed by atoms with Gasteiger partial charge in [-0.15, -0.1) is 0 Å². The molecule has 2 aromatic heterocycles. The molecule has 7 heteroatoms. The van der Waals surface area contributed by atoms with Crippen LogP contribution in [0.3, 0.4) is 0 Å². The summed E-state index contributed by atoms with van der Waals surface area (Å²) in [6.45, 7) is 1.36. The first-order valence-corrected chi connectivity index (χ1v) is 10.2. The second-order valence-electron chi connectivity index (χ2n) is 7.90. The van der Waals surface area contributed by atoms with E-state index in [1.807, 2.05) is 18.2 Å². The molecule has 2 fully saturated rings. The molecule has 5 rings (SSSR count). The van der Waals surface area contributed by atoms with Crippen molar-refractivity contribution in [2.45, 2.75) is 50.4 Å². The molecule has 1 amide bonds. The number of aromatic nitrogens is 4. The molecular formula is C21H25N5O2. The van der Waals surface area contributed by atoms with Crippen LogP contribution in [-0.4, -0.2) is 39.3 Å². The second kappa shape index (κ2) is 7.39. The molecule has 1 atom stereocenters. The van der Waals surface area contributed by atoms with E-state index in [0.717, 1.165) is 41.3 Å². The molecule has 1 aromatic carbocycles. The van der Waals surface area contributed by atoms with Gasteiger partial charge in [0, 0.05) is 24.1 Å². The lowest BCUT2D eigenvalue weighted by Gasteiger charge is -2.18. The lowest BCUT2D eigenvalue weighted by molar-refractivity contribution is 0.102. The third kappa shape index (κ3) is 3.30. The van der Waals surface area contributed by atoms with E-state index >= 15 is 0 Å². The minimum absolute atomic E-state index is 0.151. The summed E-state index contributed by atoms with van der Waals surface area (Å²) in [4.78, 5) is 21.1. The van der Waals surface area contributed by atoms with Crippen LogP contribution in [0.4, 0.5) is 5.69 Å². The Morgan fingerprint density at radius 3 is 2.86 bits per heavy atom. The van der Waals surface area contributed by atoms with Crippen molar-refractivity contribution >= 4 is 22.6 Å². The highest BCUT2D eigenvalue weighted by Crippen LogP contribution is 2.32. The fourth-order valence-corrected chi connectivity index (χ4v) is 4.43. The Morgan fingerprint density at radius 2 is 2.04 bits per heavy atom. The number of amides is 1. The molecule has 0 bridgehead atoms. The van der Waals surface area contributed by atoms with Crippen LogP contribution < -0.4 is 5.32 Å². The van der Waals surface area contributed by atoms with Crippen molar-refractivity contribution in [1.82, 2.24) is 20.2 Å². The molecular weight excluding hydrogens is 354 g/mol. The van der Waals surface area contributed by atoms with E-state index in [-0.39, 0.29) is 11.8 Å². The van der Waals surface area contributed by atoms with Gasteiger partial charge in [0.25, 0.3) is 5.91 Å². The normalized spacial score (nSPS) is 20.6. The number of carbonyl (C=O) groups excluding carboxylic acids is 1. The fraction of sp³-hybridized carbons (Fsp3) is 0.476. The van der Waals surface area contributed by atoms with E-state index in [1.54, 1.807) is 6.20 Å². The van der Waals surface area contributed by atoms with Crippen molar-refractivity contribution in [3.8, 4) is 0 Å². The third-order valence-corrected chi connectivity index (χ3v) is 6.00. The van der Waals surface area contributed by atoms with Gasteiger partial charge in [-0.05, 0) is 37.5 Å². The first kappa shape index (κ1) is 17.4. The van der Waals surface area contributed by atoms with E-state index < -0.39 is 0 Å². The van der Waals surface area contributed by atoms with Crippen molar-refractivity contribution in [2.75, 3.05) is 18.5 Å². The van der Waals surface area contributed by atoms with Crippen molar-refractivity contribution in [1.29, 1.82) is 0 Å². The Balaban J connectivity index is 1.35. The molecule has 1 saturated carbocycles. The van der Waals surface area contributed by atoms with Gasteiger partial charge < -0.3 is 15.0 Å². The summed E-state index contributed by atoms with van der Waals surface area (Å²) in [5.74, 6) is 1.66. The summed E-state index contributed by atoms with van der Waals surface area (Å²) in [5, 5.41) is 10.1. The molecule has 0 spiro atoms. The van der Waals surface area contributed by atoms with Gasteiger partial charge in [0.15, 0.2) is 0 Å². The molecule has 3 N–H and O–H groups in total. The number of fused-ring (bicyclic) bond motifs is 1. The van der Waals surface area contributed by atoms with Crippen LogP contribution >= 0.6 is 0 Å². The predicted octanol–water partition coefficient (Wildman–Crippen LogP) is 4.09. The molecule has 28 heavy (non-hydrogen) atoms. The maximum Gasteiger partial charge on any atom is 0.259 e. The smallest absolute Gasteiger partial charge is 0.259 e. The number of hydrogen-bond acceptors (Lipinski definition) is 4. The minimum Gasteiger partial charge on any atom is -0.381 e. The molecule has 0 radical (unpaired) electrons. The predicted molar refractivity (Wildman–Crippen MR) is 107 cm³/mol. The van der Waals surface area contributed by atoms with Crippen LogP contribution in [0.2, 0.25) is 0 Å². The van der Waals surface area contributed by atoms with E-state index in [1.165, 1.54) is 32.1 Å². The van der Waals surface area contributed by atoms with Gasteiger partial charge in [0.05, 0.1) is 35.1 Å². The number of carbonyl (C=O) groups is 1. The van der Waals surface area contributed by atoms with E-state index in [0.29, 0.717) is 18.1 Å². The molecule has 3 aromatic rings. The molecule has 2 aliphatic rings. The van der Waals surface area contributed by atoms with E-state index in [9.17, 15) is 4.79 Å². The van der Waals surface area contributed by atoms with Crippen molar-refractivity contribution < 1.29 is 9.53 Å². The number of aromatic amines is 2. The highest BCUT2D eigenvalue weighted by molar-refractivity contribution is 6.05. The highest BCUT2D eigenvalue weighted by atomic mass is 16.5. The molecule has 7 nitrogen and oxygen atoms in total. The van der Waals surface area contributed by atoms with Gasteiger partial charge in [0.2, 0.25) is 0 Å². The monoisotopic (exact) mass is 379 g/mol. The average Bonchev–Trinajstić information content (AvgIpc) is 3.47. The van der Waals surface area contributed by atoms with Gasteiger partial charge in [-0.25, -0.2) is 4.98 Å². The average molecular weight is 379 g/mol. The summed E-state index contributed by atoms with van der Waals surface area (Å²) >= 11 is 0. The second-order valence-corrected chi connectivity index (χ2v) is 7.90. The lowest BCUT2D eigenvalue weighted by Crippen LogP contribution is -2.15. The Kier molecular flexibility index (Phi) is 4.60. The van der Waals surface area contributed by atoms with Crippen LogP contribution in [0.25, 0.3) is 11.0 Å². The zero-order chi connectivity index (χ0) is 18.9. The molecule has 1 aliphatic heterocycles. The minimum atomic E-state index is -0.151. The summed E-state index contributed by atoms with van der Waals surface area (Å²) in [6.07, 6.45) is 8.81. The van der Waals surface area contributed by atoms with Gasteiger partial charge in [-0.3, -0.25) is 9.89 Å². The first-order chi connectivity index (χ1) is 13.8. The number of rotatable bonds is 4. The Bertz CT molecular complexity index is 980. The SMILES string of the molecule is O=C(Nc1ccc2nc(C3CCCCC3)[nH]c2c1)c1cn[nH]c1C1CCOC1. The first-order valence-electron chi connectivity index (χ1n) is 10.2. The summed E-state index contributed by atoms with van der Waals surface area (Å²) in [7, 11) is 0. The topological polar surface area (TPSA) is 95.7 Å². The van der Waals surface area contributed by atoms with Crippen LogP contribution in [0.1, 0.15) is 72.2 Å². The molecule has 1 saturated heterocycles. The number of nitrogens with one attached hydrogen (secondary N) is 3. The van der Waals surface area contributed by atoms with E-state index in [4.69, 9.17) is 9.72 Å².